The summed E-state index contributed by atoms with van der Waals surface area (Å²) in [6.07, 6.45) is -6.07. The third-order valence-corrected chi connectivity index (χ3v) is 2.12. The number of aliphatic hydroxyl groups excluding tert-OH is 1. The number of alkyl halides is 3. The van der Waals surface area contributed by atoms with Crippen LogP contribution in [0.5, 0.6) is 11.5 Å². The van der Waals surface area contributed by atoms with Crippen molar-refractivity contribution < 1.29 is 28.1 Å². The maximum atomic E-state index is 12.6. The van der Waals surface area contributed by atoms with Gasteiger partial charge in [-0.1, -0.05) is 0 Å². The van der Waals surface area contributed by atoms with Crippen LogP contribution in [0.15, 0.2) is 12.1 Å². The molecule has 90 valence electrons. The van der Waals surface area contributed by atoms with Crippen LogP contribution >= 0.6 is 0 Å². The largest absolute Gasteiger partial charge is 0.504 e. The molecule has 0 radical (unpaired) electrons. The summed E-state index contributed by atoms with van der Waals surface area (Å²) in [5.41, 5.74) is -1.65. The minimum absolute atomic E-state index is 0.107. The Morgan fingerprint density at radius 3 is 2.25 bits per heavy atom. The predicted octanol–water partition coefficient (Wildman–Crippen LogP) is 2.47. The second-order valence-electron chi connectivity index (χ2n) is 3.25. The number of hydrogen-bond acceptors (Lipinski definition) is 3. The van der Waals surface area contributed by atoms with E-state index >= 15 is 0 Å². The fraction of sp³-hybridized carbons (Fsp3) is 0.400. The lowest BCUT2D eigenvalue weighted by Crippen LogP contribution is -2.11. The number of rotatable bonds is 2. The molecular weight excluding hydrogens is 225 g/mol. The Bertz CT molecular complexity index is 386. The Kier molecular flexibility index (Phi) is 3.32. The van der Waals surface area contributed by atoms with Gasteiger partial charge in [-0.15, -0.1) is 0 Å². The van der Waals surface area contributed by atoms with Gasteiger partial charge in [0.2, 0.25) is 0 Å². The first-order valence-corrected chi connectivity index (χ1v) is 4.44. The normalized spacial score (nSPS) is 13.6. The first-order chi connectivity index (χ1) is 7.29. The van der Waals surface area contributed by atoms with Gasteiger partial charge in [-0.3, -0.25) is 0 Å². The van der Waals surface area contributed by atoms with Crippen molar-refractivity contribution in [3.63, 3.8) is 0 Å². The van der Waals surface area contributed by atoms with Crippen molar-refractivity contribution in [1.29, 1.82) is 0 Å². The molecule has 0 fully saturated rings. The van der Waals surface area contributed by atoms with Crippen molar-refractivity contribution in [3.8, 4) is 11.5 Å². The lowest BCUT2D eigenvalue weighted by atomic mass is 10.0. The van der Waals surface area contributed by atoms with Crippen molar-refractivity contribution in [3.05, 3.63) is 23.3 Å². The number of ether oxygens (including phenoxy) is 1. The monoisotopic (exact) mass is 236 g/mol. The van der Waals surface area contributed by atoms with E-state index in [1.54, 1.807) is 0 Å². The van der Waals surface area contributed by atoms with E-state index in [1.807, 2.05) is 0 Å². The molecule has 0 spiro atoms. The zero-order chi connectivity index (χ0) is 12.5. The maximum Gasteiger partial charge on any atom is 0.416 e. The Labute approximate surface area is 90.1 Å². The molecule has 0 aromatic heterocycles. The van der Waals surface area contributed by atoms with E-state index in [1.165, 1.54) is 7.11 Å². The zero-order valence-electron chi connectivity index (χ0n) is 8.67. The van der Waals surface area contributed by atoms with Gasteiger partial charge in [0.15, 0.2) is 11.5 Å². The molecule has 1 aromatic rings. The van der Waals surface area contributed by atoms with E-state index < -0.39 is 29.2 Å². The van der Waals surface area contributed by atoms with Gasteiger partial charge in [0.05, 0.1) is 18.8 Å². The van der Waals surface area contributed by atoms with E-state index in [0.717, 1.165) is 19.1 Å². The summed E-state index contributed by atoms with van der Waals surface area (Å²) in [7, 11) is 1.22. The van der Waals surface area contributed by atoms with Crippen LogP contribution in [0.3, 0.4) is 0 Å². The van der Waals surface area contributed by atoms with E-state index in [4.69, 9.17) is 0 Å². The van der Waals surface area contributed by atoms with Gasteiger partial charge in [-0.05, 0) is 19.1 Å². The van der Waals surface area contributed by atoms with Gasteiger partial charge in [0.1, 0.15) is 0 Å². The summed E-state index contributed by atoms with van der Waals surface area (Å²) in [6.45, 7) is 1.14. The Hall–Kier alpha value is -1.43. The van der Waals surface area contributed by atoms with E-state index in [-0.39, 0.29) is 5.75 Å². The van der Waals surface area contributed by atoms with Crippen LogP contribution in [0, 0.1) is 0 Å². The summed E-state index contributed by atoms with van der Waals surface area (Å²) in [5, 5.41) is 18.8. The number of hydrogen-bond donors (Lipinski definition) is 2. The molecule has 0 heterocycles. The third kappa shape index (κ3) is 2.21. The fourth-order valence-corrected chi connectivity index (χ4v) is 1.42. The molecule has 1 atom stereocenters. The zero-order valence-corrected chi connectivity index (χ0v) is 8.67. The topological polar surface area (TPSA) is 49.7 Å². The first-order valence-electron chi connectivity index (χ1n) is 4.44. The molecule has 6 heteroatoms. The molecular formula is C10H11F3O3. The highest BCUT2D eigenvalue weighted by molar-refractivity contribution is 5.51. The molecule has 0 bridgehead atoms. The second kappa shape index (κ2) is 4.21. The van der Waals surface area contributed by atoms with Crippen LogP contribution in [0.1, 0.15) is 24.2 Å². The quantitative estimate of drug-likeness (QED) is 0.829. The van der Waals surface area contributed by atoms with Crippen molar-refractivity contribution in [1.82, 2.24) is 0 Å². The summed E-state index contributed by atoms with van der Waals surface area (Å²) >= 11 is 0. The van der Waals surface area contributed by atoms with E-state index in [0.29, 0.717) is 0 Å². The number of methoxy groups -OCH3 is 1. The molecule has 0 aliphatic rings. The lowest BCUT2D eigenvalue weighted by molar-refractivity contribution is -0.139. The van der Waals surface area contributed by atoms with Crippen molar-refractivity contribution in [2.75, 3.05) is 7.11 Å². The Balaban J connectivity index is 3.47. The highest BCUT2D eigenvalue weighted by atomic mass is 19.4. The van der Waals surface area contributed by atoms with Gasteiger partial charge in [-0.25, -0.2) is 0 Å². The molecule has 0 aliphatic carbocycles. The van der Waals surface area contributed by atoms with Gasteiger partial charge >= 0.3 is 6.18 Å². The summed E-state index contributed by atoms with van der Waals surface area (Å²) in [6, 6.07) is 1.77. The van der Waals surface area contributed by atoms with Crippen LogP contribution in [-0.4, -0.2) is 17.3 Å². The highest BCUT2D eigenvalue weighted by Crippen LogP contribution is 2.42. The van der Waals surface area contributed by atoms with Crippen LogP contribution in [0.4, 0.5) is 13.2 Å². The summed E-state index contributed by atoms with van der Waals surface area (Å²) in [5.74, 6) is -0.795. The molecule has 0 amide bonds. The lowest BCUT2D eigenvalue weighted by Gasteiger charge is -2.17. The van der Waals surface area contributed by atoms with E-state index in [2.05, 4.69) is 4.74 Å². The maximum absolute atomic E-state index is 12.6. The second-order valence-corrected chi connectivity index (χ2v) is 3.25. The number of aromatic hydroxyl groups is 1. The first kappa shape index (κ1) is 12.6. The number of phenolic OH excluding ortho intramolecular Hbond substituents is 1. The minimum atomic E-state index is -4.63. The smallest absolute Gasteiger partial charge is 0.416 e. The number of phenols is 1. The summed E-state index contributed by atoms with van der Waals surface area (Å²) in [4.78, 5) is 0. The molecule has 0 aliphatic heterocycles. The molecule has 1 rings (SSSR count). The SMILES string of the molecule is COc1ccc(C(F)(F)F)c(C(C)O)c1O. The highest BCUT2D eigenvalue weighted by Gasteiger charge is 2.36. The molecule has 0 saturated heterocycles. The van der Waals surface area contributed by atoms with Crippen LogP contribution < -0.4 is 4.74 Å². The Morgan fingerprint density at radius 2 is 1.88 bits per heavy atom. The van der Waals surface area contributed by atoms with Crippen molar-refractivity contribution in [2.24, 2.45) is 0 Å². The molecule has 3 nitrogen and oxygen atoms in total. The average Bonchev–Trinajstić information content (AvgIpc) is 2.15. The standard InChI is InChI=1S/C10H11F3O3/c1-5(14)8-6(10(11,12)13)3-4-7(16-2)9(8)15/h3-5,14-15H,1-2H3. The van der Waals surface area contributed by atoms with E-state index in [9.17, 15) is 23.4 Å². The van der Waals surface area contributed by atoms with Crippen LogP contribution in [0.25, 0.3) is 0 Å². The number of aliphatic hydroxyl groups is 1. The summed E-state index contributed by atoms with van der Waals surface area (Å²) < 4.78 is 42.4. The van der Waals surface area contributed by atoms with Crippen LogP contribution in [-0.2, 0) is 6.18 Å². The number of halogens is 3. The van der Waals surface area contributed by atoms with Crippen molar-refractivity contribution >= 4 is 0 Å². The van der Waals surface area contributed by atoms with Gasteiger partial charge in [-0.2, -0.15) is 13.2 Å². The third-order valence-electron chi connectivity index (χ3n) is 2.12. The average molecular weight is 236 g/mol. The molecule has 0 saturated carbocycles. The molecule has 2 N–H and O–H groups in total. The van der Waals surface area contributed by atoms with Gasteiger partial charge < -0.3 is 14.9 Å². The minimum Gasteiger partial charge on any atom is -0.504 e. The molecule has 1 aromatic carbocycles. The Morgan fingerprint density at radius 1 is 1.31 bits per heavy atom. The van der Waals surface area contributed by atoms with Gasteiger partial charge in [0, 0.05) is 5.56 Å². The molecule has 16 heavy (non-hydrogen) atoms. The fourth-order valence-electron chi connectivity index (χ4n) is 1.42. The van der Waals surface area contributed by atoms with Crippen LogP contribution in [0.2, 0.25) is 0 Å². The predicted molar refractivity (Wildman–Crippen MR) is 50.3 cm³/mol. The van der Waals surface area contributed by atoms with Crippen molar-refractivity contribution in [2.45, 2.75) is 19.2 Å². The molecule has 1 unspecified atom stereocenters. The number of benzene rings is 1. The van der Waals surface area contributed by atoms with Gasteiger partial charge in [0.25, 0.3) is 0 Å².